The summed E-state index contributed by atoms with van der Waals surface area (Å²) < 4.78 is 12.7. The molecule has 1 spiro atoms. The third kappa shape index (κ3) is 5.66. The predicted octanol–water partition coefficient (Wildman–Crippen LogP) is 4.52. The van der Waals surface area contributed by atoms with Crippen LogP contribution in [-0.2, 0) is 29.8 Å². The van der Waals surface area contributed by atoms with Gasteiger partial charge < -0.3 is 29.1 Å². The number of nitriles is 1. The maximum absolute atomic E-state index is 13.2. The van der Waals surface area contributed by atoms with Crippen molar-refractivity contribution in [3.8, 4) is 11.9 Å². The average Bonchev–Trinajstić information content (AvgIpc) is 3.03. The standard InChI is InChI=1S/C35H41N7O3/c1-39(2)28-22-41(23-28)33-37-31(29-14-17-35(45-32(29)38-33)16-8-12-26-11-6-7-13-30(26)35)40-19-20-42(27(21-40)15-18-36)34(43)44-24-25-9-4-3-5-10-25/h3-7,9-11,13,27-28H,8,12,14-17,19-24H2,1-2H3/t27-,35?/m0/s1. The lowest BCUT2D eigenvalue weighted by Gasteiger charge is -2.46. The summed E-state index contributed by atoms with van der Waals surface area (Å²) in [5, 5.41) is 9.72. The molecule has 0 radical (unpaired) electrons. The van der Waals surface area contributed by atoms with Gasteiger partial charge in [-0.3, -0.25) is 0 Å². The molecule has 7 rings (SSSR count). The number of aromatic nitrogens is 2. The Bertz CT molecular complexity index is 1590. The Balaban J connectivity index is 1.17. The van der Waals surface area contributed by atoms with E-state index < -0.39 is 0 Å². The van der Waals surface area contributed by atoms with Crippen LogP contribution in [0.2, 0.25) is 0 Å². The highest BCUT2D eigenvalue weighted by Gasteiger charge is 2.44. The Morgan fingerprint density at radius 2 is 1.82 bits per heavy atom. The maximum Gasteiger partial charge on any atom is 0.410 e. The zero-order valence-electron chi connectivity index (χ0n) is 26.2. The maximum atomic E-state index is 13.2. The fourth-order valence-electron chi connectivity index (χ4n) is 7.27. The summed E-state index contributed by atoms with van der Waals surface area (Å²) in [7, 11) is 4.21. The molecular weight excluding hydrogens is 566 g/mol. The van der Waals surface area contributed by atoms with Crippen molar-refractivity contribution in [2.24, 2.45) is 0 Å². The van der Waals surface area contributed by atoms with Crippen molar-refractivity contribution >= 4 is 17.9 Å². The van der Waals surface area contributed by atoms with E-state index in [2.05, 4.69) is 59.1 Å². The SMILES string of the molecule is CN(C)C1CN(c2nc3c(c(N4CCN(C(=O)OCc5ccccc5)[C@@H](CC#N)C4)n2)CCC2(CCCc4ccccc42)O3)C1. The summed E-state index contributed by atoms with van der Waals surface area (Å²) in [5.41, 5.74) is 4.23. The van der Waals surface area contributed by atoms with Gasteiger partial charge in [-0.25, -0.2) is 4.79 Å². The predicted molar refractivity (Wildman–Crippen MR) is 171 cm³/mol. The van der Waals surface area contributed by atoms with Crippen LogP contribution in [-0.4, -0.2) is 84.8 Å². The number of likely N-dealkylation sites (N-methyl/N-ethyl adjacent to an activating group) is 1. The molecule has 2 saturated heterocycles. The summed E-state index contributed by atoms with van der Waals surface area (Å²) in [5.74, 6) is 2.22. The van der Waals surface area contributed by atoms with E-state index in [1.165, 1.54) is 11.1 Å². The second kappa shape index (κ2) is 12.2. The average molecular weight is 608 g/mol. The molecule has 0 saturated carbocycles. The van der Waals surface area contributed by atoms with Gasteiger partial charge in [0, 0.05) is 38.8 Å². The monoisotopic (exact) mass is 607 g/mol. The summed E-state index contributed by atoms with van der Waals surface area (Å²) in [6.07, 6.45) is 4.64. The summed E-state index contributed by atoms with van der Waals surface area (Å²) in [6.45, 7) is 3.44. The second-order valence-electron chi connectivity index (χ2n) is 13.0. The van der Waals surface area contributed by atoms with E-state index in [9.17, 15) is 10.1 Å². The molecule has 234 valence electrons. The highest BCUT2D eigenvalue weighted by atomic mass is 16.6. The van der Waals surface area contributed by atoms with E-state index in [4.69, 9.17) is 19.4 Å². The van der Waals surface area contributed by atoms with Crippen molar-refractivity contribution in [1.29, 1.82) is 5.26 Å². The van der Waals surface area contributed by atoms with E-state index in [-0.39, 0.29) is 30.8 Å². The van der Waals surface area contributed by atoms with Gasteiger partial charge in [0.15, 0.2) is 0 Å². The number of piperazine rings is 1. The molecule has 4 aliphatic rings. The minimum absolute atomic E-state index is 0.202. The van der Waals surface area contributed by atoms with Crippen molar-refractivity contribution in [2.45, 2.75) is 62.8 Å². The van der Waals surface area contributed by atoms with Gasteiger partial charge in [-0.1, -0.05) is 54.6 Å². The molecule has 1 amide bonds. The number of hydrogen-bond acceptors (Lipinski definition) is 9. The van der Waals surface area contributed by atoms with Crippen LogP contribution in [0, 0.1) is 11.3 Å². The number of anilines is 2. The molecule has 2 fully saturated rings. The molecule has 3 aromatic rings. The third-order valence-corrected chi connectivity index (χ3v) is 9.97. The fraction of sp³-hybridized carbons (Fsp3) is 0.486. The van der Waals surface area contributed by atoms with Gasteiger partial charge in [-0.2, -0.15) is 15.2 Å². The number of nitrogens with zero attached hydrogens (tertiary/aromatic N) is 7. The van der Waals surface area contributed by atoms with Crippen LogP contribution in [0.4, 0.5) is 16.6 Å². The Morgan fingerprint density at radius 3 is 2.62 bits per heavy atom. The first-order valence-electron chi connectivity index (χ1n) is 16.1. The first-order valence-corrected chi connectivity index (χ1v) is 16.1. The minimum atomic E-state index is -0.388. The summed E-state index contributed by atoms with van der Waals surface area (Å²) in [6, 6.07) is 20.8. The zero-order chi connectivity index (χ0) is 31.0. The van der Waals surface area contributed by atoms with Gasteiger partial charge in [-0.15, -0.1) is 0 Å². The molecule has 1 aliphatic carbocycles. The first-order chi connectivity index (χ1) is 21.9. The Morgan fingerprint density at radius 1 is 1.02 bits per heavy atom. The van der Waals surface area contributed by atoms with Crippen molar-refractivity contribution < 1.29 is 14.3 Å². The lowest BCUT2D eigenvalue weighted by atomic mass is 9.75. The molecule has 0 bridgehead atoms. The first kappa shape index (κ1) is 29.4. The quantitative estimate of drug-likeness (QED) is 0.401. The van der Waals surface area contributed by atoms with E-state index in [0.29, 0.717) is 37.5 Å². The Hall–Kier alpha value is -4.36. The Labute approximate surface area is 265 Å². The largest absolute Gasteiger partial charge is 0.466 e. The van der Waals surface area contributed by atoms with E-state index in [0.717, 1.165) is 62.1 Å². The molecule has 2 aromatic carbocycles. The number of ether oxygens (including phenoxy) is 2. The highest BCUT2D eigenvalue weighted by molar-refractivity contribution is 5.69. The van der Waals surface area contributed by atoms with Crippen molar-refractivity contribution in [1.82, 2.24) is 19.8 Å². The molecule has 4 heterocycles. The minimum Gasteiger partial charge on any atom is -0.466 e. The fourth-order valence-corrected chi connectivity index (χ4v) is 7.27. The van der Waals surface area contributed by atoms with Crippen molar-refractivity contribution in [2.75, 3.05) is 56.6 Å². The molecule has 0 N–H and O–H groups in total. The normalized spacial score (nSPS) is 22.7. The number of amides is 1. The number of hydrogen-bond donors (Lipinski definition) is 0. The lowest BCUT2D eigenvalue weighted by Crippen LogP contribution is -2.58. The van der Waals surface area contributed by atoms with Crippen LogP contribution in [0.3, 0.4) is 0 Å². The number of benzene rings is 2. The van der Waals surface area contributed by atoms with Crippen LogP contribution in [0.1, 0.15) is 47.9 Å². The topological polar surface area (TPSA) is 98.1 Å². The van der Waals surface area contributed by atoms with E-state index >= 15 is 0 Å². The van der Waals surface area contributed by atoms with Gasteiger partial charge in [0.05, 0.1) is 24.1 Å². The smallest absolute Gasteiger partial charge is 0.410 e. The van der Waals surface area contributed by atoms with E-state index in [1.807, 2.05) is 30.3 Å². The molecular formula is C35H41N7O3. The summed E-state index contributed by atoms with van der Waals surface area (Å²) in [4.78, 5) is 31.8. The van der Waals surface area contributed by atoms with Crippen molar-refractivity contribution in [3.05, 3.63) is 76.9 Å². The van der Waals surface area contributed by atoms with Crippen LogP contribution < -0.4 is 14.5 Å². The number of carbonyl (C=O) groups excluding carboxylic acids is 1. The molecule has 10 heteroatoms. The molecule has 1 unspecified atom stereocenters. The van der Waals surface area contributed by atoms with Crippen LogP contribution in [0.25, 0.3) is 0 Å². The molecule has 3 aliphatic heterocycles. The van der Waals surface area contributed by atoms with Gasteiger partial charge >= 0.3 is 6.09 Å². The second-order valence-corrected chi connectivity index (χ2v) is 13.0. The van der Waals surface area contributed by atoms with Gasteiger partial charge in [0.2, 0.25) is 11.8 Å². The molecule has 10 nitrogen and oxygen atoms in total. The molecule has 1 aromatic heterocycles. The molecule has 45 heavy (non-hydrogen) atoms. The Kier molecular flexibility index (Phi) is 7.96. The van der Waals surface area contributed by atoms with Gasteiger partial charge in [-0.05, 0) is 62.9 Å². The number of aryl methyl sites for hydroxylation is 1. The van der Waals surface area contributed by atoms with Crippen LogP contribution in [0.5, 0.6) is 5.88 Å². The van der Waals surface area contributed by atoms with Crippen LogP contribution >= 0.6 is 0 Å². The van der Waals surface area contributed by atoms with Gasteiger partial charge in [0.1, 0.15) is 18.0 Å². The van der Waals surface area contributed by atoms with Gasteiger partial charge in [0.25, 0.3) is 0 Å². The number of rotatable bonds is 6. The number of fused-ring (bicyclic) bond motifs is 3. The molecule has 2 atom stereocenters. The van der Waals surface area contributed by atoms with E-state index in [1.54, 1.807) is 4.90 Å². The summed E-state index contributed by atoms with van der Waals surface area (Å²) >= 11 is 0. The lowest BCUT2D eigenvalue weighted by molar-refractivity contribution is 0.0200. The van der Waals surface area contributed by atoms with Crippen molar-refractivity contribution in [3.63, 3.8) is 0 Å². The van der Waals surface area contributed by atoms with Crippen LogP contribution in [0.15, 0.2) is 54.6 Å². The zero-order valence-corrected chi connectivity index (χ0v) is 26.2. The third-order valence-electron chi connectivity index (χ3n) is 9.97. The highest BCUT2D eigenvalue weighted by Crippen LogP contribution is 2.48. The number of carbonyl (C=O) groups is 1.